The summed E-state index contributed by atoms with van der Waals surface area (Å²) in [6.07, 6.45) is 5.48. The van der Waals surface area contributed by atoms with Crippen molar-refractivity contribution < 1.29 is 5.11 Å². The minimum Gasteiger partial charge on any atom is -0.508 e. The van der Waals surface area contributed by atoms with Crippen LogP contribution >= 0.6 is 12.2 Å². The molecule has 3 aromatic heterocycles. The van der Waals surface area contributed by atoms with Crippen LogP contribution in [0.3, 0.4) is 0 Å². The summed E-state index contributed by atoms with van der Waals surface area (Å²) in [5.41, 5.74) is 6.50. The van der Waals surface area contributed by atoms with Gasteiger partial charge < -0.3 is 19.9 Å². The summed E-state index contributed by atoms with van der Waals surface area (Å²) >= 11 is 5.82. The highest BCUT2D eigenvalue weighted by Crippen LogP contribution is 2.42. The zero-order valence-electron chi connectivity index (χ0n) is 18.5. The Morgan fingerprint density at radius 2 is 1.85 bits per heavy atom. The highest BCUT2D eigenvalue weighted by atomic mass is 32.1. The largest absolute Gasteiger partial charge is 0.508 e. The molecule has 0 bridgehead atoms. The Labute approximate surface area is 198 Å². The lowest BCUT2D eigenvalue weighted by Crippen LogP contribution is -2.29. The Morgan fingerprint density at radius 1 is 1.03 bits per heavy atom. The summed E-state index contributed by atoms with van der Waals surface area (Å²) in [6, 6.07) is 19.4. The maximum absolute atomic E-state index is 9.73. The van der Waals surface area contributed by atoms with Gasteiger partial charge in [-0.05, 0) is 85.7 Å². The third kappa shape index (κ3) is 3.96. The van der Waals surface area contributed by atoms with Crippen molar-refractivity contribution in [3.05, 3.63) is 107 Å². The molecule has 5 rings (SSSR count). The van der Waals surface area contributed by atoms with Crippen molar-refractivity contribution >= 4 is 17.3 Å². The molecule has 1 saturated heterocycles. The van der Waals surface area contributed by atoms with E-state index in [-0.39, 0.29) is 17.8 Å². The Balaban J connectivity index is 1.61. The number of nitrogens with zero attached hydrogens (tertiary/aromatic N) is 4. The molecule has 0 radical (unpaired) electrons. The first kappa shape index (κ1) is 21.2. The lowest BCUT2D eigenvalue weighted by Gasteiger charge is -2.28. The first-order valence-electron chi connectivity index (χ1n) is 10.9. The SMILES string of the molecule is Cc1cc(C2C(c3ccccn3)NC(=S)N2Cc2cccnc2)c(C)n1-c1ccc(O)cc1. The molecule has 1 aliphatic heterocycles. The van der Waals surface area contributed by atoms with Crippen molar-refractivity contribution in [1.29, 1.82) is 0 Å². The van der Waals surface area contributed by atoms with Gasteiger partial charge in [0.2, 0.25) is 0 Å². The zero-order valence-corrected chi connectivity index (χ0v) is 19.3. The van der Waals surface area contributed by atoms with E-state index < -0.39 is 0 Å². The maximum atomic E-state index is 9.73. The van der Waals surface area contributed by atoms with Gasteiger partial charge in [0.1, 0.15) is 5.75 Å². The van der Waals surface area contributed by atoms with Gasteiger partial charge in [0.25, 0.3) is 0 Å². The van der Waals surface area contributed by atoms with E-state index in [9.17, 15) is 5.11 Å². The number of aryl methyl sites for hydroxylation is 1. The van der Waals surface area contributed by atoms with E-state index >= 15 is 0 Å². The van der Waals surface area contributed by atoms with E-state index in [4.69, 9.17) is 12.2 Å². The molecule has 1 aliphatic rings. The van der Waals surface area contributed by atoms with Crippen LogP contribution in [0.2, 0.25) is 0 Å². The van der Waals surface area contributed by atoms with E-state index in [1.54, 1.807) is 18.3 Å². The lowest BCUT2D eigenvalue weighted by molar-refractivity contribution is 0.310. The second kappa shape index (κ2) is 8.67. The van der Waals surface area contributed by atoms with Crippen LogP contribution in [0, 0.1) is 13.8 Å². The molecule has 2 N–H and O–H groups in total. The molecule has 0 amide bonds. The van der Waals surface area contributed by atoms with Crippen LogP contribution in [-0.2, 0) is 6.54 Å². The minimum atomic E-state index is -0.0795. The summed E-state index contributed by atoms with van der Waals surface area (Å²) in [5.74, 6) is 0.254. The molecule has 4 heterocycles. The molecular weight excluding hydrogens is 430 g/mol. The summed E-state index contributed by atoms with van der Waals surface area (Å²) in [4.78, 5) is 11.2. The standard InChI is InChI=1S/C26H25N5OS/c1-17-14-22(18(2)31(17)20-8-10-21(32)11-9-20)25-24(23-7-3-4-13-28-23)29-26(33)30(25)16-19-6-5-12-27-15-19/h3-15,24-25,32H,16H2,1-2H3,(H,29,33). The van der Waals surface area contributed by atoms with Gasteiger partial charge >= 0.3 is 0 Å². The summed E-state index contributed by atoms with van der Waals surface area (Å²) < 4.78 is 2.22. The van der Waals surface area contributed by atoms with E-state index in [1.165, 1.54) is 5.56 Å². The smallest absolute Gasteiger partial charge is 0.170 e. The fourth-order valence-electron chi connectivity index (χ4n) is 4.69. The van der Waals surface area contributed by atoms with Crippen LogP contribution in [0.1, 0.15) is 40.3 Å². The number of aromatic hydroxyl groups is 1. The third-order valence-electron chi connectivity index (χ3n) is 6.17. The predicted molar refractivity (Wildman–Crippen MR) is 132 cm³/mol. The highest BCUT2D eigenvalue weighted by Gasteiger charge is 2.41. The molecule has 166 valence electrons. The van der Waals surface area contributed by atoms with Gasteiger partial charge in [-0.25, -0.2) is 0 Å². The molecule has 0 spiro atoms. The Hall–Kier alpha value is -3.71. The van der Waals surface area contributed by atoms with Crippen LogP contribution in [0.5, 0.6) is 5.75 Å². The Kier molecular flexibility index (Phi) is 5.56. The molecule has 6 nitrogen and oxygen atoms in total. The summed E-state index contributed by atoms with van der Waals surface area (Å²) in [5, 5.41) is 14.0. The quantitative estimate of drug-likeness (QED) is 0.423. The Morgan fingerprint density at radius 3 is 2.55 bits per heavy atom. The van der Waals surface area contributed by atoms with Crippen LogP contribution < -0.4 is 5.32 Å². The molecule has 4 aromatic rings. The highest BCUT2D eigenvalue weighted by molar-refractivity contribution is 7.80. The molecule has 0 aliphatic carbocycles. The Bertz CT molecular complexity index is 1270. The number of benzene rings is 1. The minimum absolute atomic E-state index is 0.0373. The monoisotopic (exact) mass is 455 g/mol. The van der Waals surface area contributed by atoms with Crippen LogP contribution in [-0.4, -0.2) is 29.7 Å². The first-order chi connectivity index (χ1) is 16.0. The van der Waals surface area contributed by atoms with Crippen molar-refractivity contribution in [1.82, 2.24) is 24.8 Å². The fraction of sp³-hybridized carbons (Fsp3) is 0.192. The van der Waals surface area contributed by atoms with Crippen LogP contribution in [0.15, 0.2) is 79.3 Å². The van der Waals surface area contributed by atoms with E-state index in [1.807, 2.05) is 48.8 Å². The molecule has 7 heteroatoms. The average molecular weight is 456 g/mol. The number of hydrogen-bond donors (Lipinski definition) is 2. The van der Waals surface area contributed by atoms with Crippen molar-refractivity contribution in [2.45, 2.75) is 32.5 Å². The number of thiocarbonyl (C=S) groups is 1. The van der Waals surface area contributed by atoms with Gasteiger partial charge in [-0.15, -0.1) is 0 Å². The molecule has 0 saturated carbocycles. The zero-order chi connectivity index (χ0) is 22.9. The average Bonchev–Trinajstić information content (AvgIpc) is 3.31. The van der Waals surface area contributed by atoms with Crippen molar-refractivity contribution in [2.75, 3.05) is 0 Å². The lowest BCUT2D eigenvalue weighted by atomic mass is 9.96. The van der Waals surface area contributed by atoms with E-state index in [0.717, 1.165) is 28.3 Å². The second-order valence-corrected chi connectivity index (χ2v) is 8.68. The summed E-state index contributed by atoms with van der Waals surface area (Å²) in [6.45, 7) is 4.89. The number of hydrogen-bond acceptors (Lipinski definition) is 4. The van der Waals surface area contributed by atoms with Gasteiger partial charge in [-0.3, -0.25) is 9.97 Å². The van der Waals surface area contributed by atoms with Crippen molar-refractivity contribution in [3.8, 4) is 11.4 Å². The van der Waals surface area contributed by atoms with Crippen molar-refractivity contribution in [2.24, 2.45) is 0 Å². The normalized spacial score (nSPS) is 17.9. The number of phenols is 1. The number of rotatable bonds is 5. The molecule has 1 aromatic carbocycles. The van der Waals surface area contributed by atoms with Gasteiger partial charge in [0, 0.05) is 42.2 Å². The second-order valence-electron chi connectivity index (χ2n) is 8.29. The van der Waals surface area contributed by atoms with Crippen LogP contribution in [0.4, 0.5) is 0 Å². The van der Waals surface area contributed by atoms with E-state index in [2.05, 4.69) is 50.7 Å². The molecule has 1 fully saturated rings. The van der Waals surface area contributed by atoms with Gasteiger partial charge in [-0.1, -0.05) is 12.1 Å². The molecule has 33 heavy (non-hydrogen) atoms. The summed E-state index contributed by atoms with van der Waals surface area (Å²) in [7, 11) is 0. The van der Waals surface area contributed by atoms with Crippen molar-refractivity contribution in [3.63, 3.8) is 0 Å². The molecular formula is C26H25N5OS. The third-order valence-corrected chi connectivity index (χ3v) is 6.52. The van der Waals surface area contributed by atoms with Gasteiger partial charge in [-0.2, -0.15) is 0 Å². The molecule has 2 atom stereocenters. The number of pyridine rings is 2. The topological polar surface area (TPSA) is 66.2 Å². The van der Waals surface area contributed by atoms with E-state index in [0.29, 0.717) is 11.7 Å². The van der Waals surface area contributed by atoms with Gasteiger partial charge in [0.15, 0.2) is 5.11 Å². The molecule has 2 unspecified atom stereocenters. The number of aromatic nitrogens is 3. The van der Waals surface area contributed by atoms with Crippen LogP contribution in [0.25, 0.3) is 5.69 Å². The maximum Gasteiger partial charge on any atom is 0.170 e. The fourth-order valence-corrected chi connectivity index (χ4v) is 4.99. The number of nitrogens with one attached hydrogen (secondary N) is 1. The first-order valence-corrected chi connectivity index (χ1v) is 11.3. The predicted octanol–water partition coefficient (Wildman–Crippen LogP) is 4.76. The number of phenolic OH excluding ortho intramolecular Hbond substituents is 1. The van der Waals surface area contributed by atoms with Gasteiger partial charge in [0.05, 0.1) is 17.8 Å².